The molecule has 3 aromatic rings. The molecule has 3 rings (SSSR count). The Morgan fingerprint density at radius 3 is 2.40 bits per heavy atom. The zero-order valence-corrected chi connectivity index (χ0v) is 18.3. The molecule has 0 saturated heterocycles. The summed E-state index contributed by atoms with van der Waals surface area (Å²) in [5.41, 5.74) is 5.93. The van der Waals surface area contributed by atoms with E-state index in [0.717, 1.165) is 33.6 Å². The lowest BCUT2D eigenvalue weighted by Crippen LogP contribution is -2.47. The number of hydrogen-bond acceptors (Lipinski definition) is 6. The molecule has 0 bridgehead atoms. The molecule has 162 valence electrons. The number of ether oxygens (including phenoxy) is 1. The van der Waals surface area contributed by atoms with Crippen LogP contribution in [0, 0.1) is 0 Å². The molecule has 0 unspecified atom stereocenters. The normalized spacial score (nSPS) is 12.0. The average Bonchev–Trinajstić information content (AvgIpc) is 2.78. The van der Waals surface area contributed by atoms with Crippen molar-refractivity contribution >= 4 is 31.5 Å². The standard InChI is InChI=1S/C24H31NO4S/c1-2-3-4-5-12-29-18-7-9-22-20(14-18)23(28)19-13-17(6-8-21(19)30-22)10-11-24(25,15-26)16-27/h6-9,13-14,26-27H,2-5,10-12,15-16,25H2,1H3. The third-order valence-electron chi connectivity index (χ3n) is 5.51. The van der Waals surface area contributed by atoms with Crippen LogP contribution in [0.15, 0.2) is 41.2 Å². The summed E-state index contributed by atoms with van der Waals surface area (Å²) in [6, 6.07) is 11.6. The Morgan fingerprint density at radius 2 is 1.70 bits per heavy atom. The lowest BCUT2D eigenvalue weighted by Gasteiger charge is -2.24. The number of unbranched alkanes of at least 4 members (excludes halogenated alkanes) is 3. The summed E-state index contributed by atoms with van der Waals surface area (Å²) in [6.07, 6.45) is 5.60. The van der Waals surface area contributed by atoms with Gasteiger partial charge in [0.2, 0.25) is 0 Å². The maximum absolute atomic E-state index is 13.2. The van der Waals surface area contributed by atoms with Crippen LogP contribution < -0.4 is 15.9 Å². The Bertz CT molecular complexity index is 1040. The molecule has 0 atom stereocenters. The van der Waals surface area contributed by atoms with Gasteiger partial charge in [0.1, 0.15) is 5.75 Å². The monoisotopic (exact) mass is 429 g/mol. The summed E-state index contributed by atoms with van der Waals surface area (Å²) in [5.74, 6) is 0.734. The lowest BCUT2D eigenvalue weighted by atomic mass is 9.93. The highest BCUT2D eigenvalue weighted by Crippen LogP contribution is 2.28. The fourth-order valence-electron chi connectivity index (χ4n) is 3.45. The molecule has 0 spiro atoms. The van der Waals surface area contributed by atoms with Crippen LogP contribution in [-0.4, -0.2) is 35.6 Å². The van der Waals surface area contributed by atoms with Gasteiger partial charge in [-0.1, -0.05) is 32.3 Å². The predicted octanol–water partition coefficient (Wildman–Crippen LogP) is 3.99. The maximum Gasteiger partial charge on any atom is 0.196 e. The van der Waals surface area contributed by atoms with Crippen LogP contribution in [0.2, 0.25) is 0 Å². The average molecular weight is 430 g/mol. The van der Waals surface area contributed by atoms with E-state index in [4.69, 9.17) is 10.5 Å². The van der Waals surface area contributed by atoms with E-state index in [0.29, 0.717) is 30.2 Å². The van der Waals surface area contributed by atoms with Gasteiger partial charge in [0.25, 0.3) is 0 Å². The van der Waals surface area contributed by atoms with E-state index >= 15 is 0 Å². The minimum absolute atomic E-state index is 0.000334. The van der Waals surface area contributed by atoms with Crippen molar-refractivity contribution in [2.75, 3.05) is 19.8 Å². The van der Waals surface area contributed by atoms with E-state index in [1.165, 1.54) is 12.8 Å². The Morgan fingerprint density at radius 1 is 1.00 bits per heavy atom. The first-order chi connectivity index (χ1) is 14.5. The Kier molecular flexibility index (Phi) is 7.83. The molecule has 0 aliphatic heterocycles. The highest BCUT2D eigenvalue weighted by molar-refractivity contribution is 7.24. The van der Waals surface area contributed by atoms with Gasteiger partial charge in [-0.2, -0.15) is 0 Å². The molecular formula is C24H31NO4S. The molecule has 0 fully saturated rings. The largest absolute Gasteiger partial charge is 0.494 e. The smallest absolute Gasteiger partial charge is 0.196 e. The molecule has 30 heavy (non-hydrogen) atoms. The van der Waals surface area contributed by atoms with Crippen molar-refractivity contribution in [2.45, 2.75) is 51.0 Å². The molecule has 0 aliphatic carbocycles. The van der Waals surface area contributed by atoms with Crippen molar-refractivity contribution in [3.05, 3.63) is 52.2 Å². The van der Waals surface area contributed by atoms with Gasteiger partial charge in [-0.05, 0) is 55.2 Å². The van der Waals surface area contributed by atoms with Gasteiger partial charge in [-0.3, -0.25) is 4.79 Å². The molecular weight excluding hydrogens is 398 g/mol. The van der Waals surface area contributed by atoms with Gasteiger partial charge in [0.05, 0.1) is 25.4 Å². The molecule has 0 amide bonds. The van der Waals surface area contributed by atoms with Crippen LogP contribution in [0.5, 0.6) is 5.75 Å². The first-order valence-electron chi connectivity index (χ1n) is 10.6. The quantitative estimate of drug-likeness (QED) is 0.317. The van der Waals surface area contributed by atoms with Crippen LogP contribution in [0.3, 0.4) is 0 Å². The van der Waals surface area contributed by atoms with Crippen LogP contribution in [-0.2, 0) is 6.42 Å². The van der Waals surface area contributed by atoms with Gasteiger partial charge in [0, 0.05) is 20.2 Å². The Labute approximate surface area is 181 Å². The molecule has 0 saturated carbocycles. The van der Waals surface area contributed by atoms with Crippen LogP contribution in [0.1, 0.15) is 44.6 Å². The van der Waals surface area contributed by atoms with Gasteiger partial charge in [-0.15, -0.1) is 11.3 Å². The van der Waals surface area contributed by atoms with Crippen LogP contribution in [0.25, 0.3) is 20.2 Å². The Balaban J connectivity index is 1.84. The van der Waals surface area contributed by atoms with Crippen molar-refractivity contribution in [2.24, 2.45) is 5.73 Å². The molecule has 0 radical (unpaired) electrons. The lowest BCUT2D eigenvalue weighted by molar-refractivity contribution is 0.115. The van der Waals surface area contributed by atoms with Crippen molar-refractivity contribution in [3.8, 4) is 5.75 Å². The van der Waals surface area contributed by atoms with Gasteiger partial charge in [-0.25, -0.2) is 0 Å². The third kappa shape index (κ3) is 5.38. The molecule has 0 aliphatic rings. The van der Waals surface area contributed by atoms with E-state index in [2.05, 4.69) is 6.92 Å². The van der Waals surface area contributed by atoms with E-state index in [1.807, 2.05) is 36.4 Å². The fraction of sp³-hybridized carbons (Fsp3) is 0.458. The van der Waals surface area contributed by atoms with E-state index in [9.17, 15) is 15.0 Å². The number of aliphatic hydroxyl groups excluding tert-OH is 2. The van der Waals surface area contributed by atoms with Crippen LogP contribution in [0.4, 0.5) is 0 Å². The molecule has 1 heterocycles. The van der Waals surface area contributed by atoms with E-state index in [-0.39, 0.29) is 18.6 Å². The van der Waals surface area contributed by atoms with Crippen molar-refractivity contribution < 1.29 is 14.9 Å². The molecule has 2 aromatic carbocycles. The first-order valence-corrected chi connectivity index (χ1v) is 11.4. The van der Waals surface area contributed by atoms with Crippen molar-refractivity contribution in [3.63, 3.8) is 0 Å². The molecule has 6 heteroatoms. The fourth-order valence-corrected chi connectivity index (χ4v) is 4.48. The maximum atomic E-state index is 13.2. The number of rotatable bonds is 11. The van der Waals surface area contributed by atoms with Gasteiger partial charge in [0.15, 0.2) is 5.43 Å². The molecule has 4 N–H and O–H groups in total. The Hall–Kier alpha value is -1.99. The summed E-state index contributed by atoms with van der Waals surface area (Å²) >= 11 is 1.59. The molecule has 1 aromatic heterocycles. The highest BCUT2D eigenvalue weighted by Gasteiger charge is 2.22. The number of fused-ring (bicyclic) bond motifs is 2. The van der Waals surface area contributed by atoms with E-state index in [1.54, 1.807) is 11.3 Å². The summed E-state index contributed by atoms with van der Waals surface area (Å²) in [7, 11) is 0. The van der Waals surface area contributed by atoms with Crippen molar-refractivity contribution in [1.82, 2.24) is 0 Å². The first kappa shape index (κ1) is 22.7. The zero-order chi connectivity index (χ0) is 21.6. The topological polar surface area (TPSA) is 92.8 Å². The second kappa shape index (κ2) is 10.4. The number of benzene rings is 2. The minimum Gasteiger partial charge on any atom is -0.494 e. The number of aliphatic hydroxyl groups is 2. The second-order valence-electron chi connectivity index (χ2n) is 8.01. The summed E-state index contributed by atoms with van der Waals surface area (Å²) in [4.78, 5) is 13.2. The van der Waals surface area contributed by atoms with Crippen molar-refractivity contribution in [1.29, 1.82) is 0 Å². The predicted molar refractivity (Wildman–Crippen MR) is 125 cm³/mol. The van der Waals surface area contributed by atoms with Gasteiger partial charge >= 0.3 is 0 Å². The second-order valence-corrected chi connectivity index (χ2v) is 9.09. The number of hydrogen-bond donors (Lipinski definition) is 3. The SMILES string of the molecule is CCCCCCOc1ccc2sc3ccc(CCC(N)(CO)CO)cc3c(=O)c2c1. The zero-order valence-electron chi connectivity index (χ0n) is 17.5. The summed E-state index contributed by atoms with van der Waals surface area (Å²) in [5, 5.41) is 20.1. The van der Waals surface area contributed by atoms with Gasteiger partial charge < -0.3 is 20.7 Å². The van der Waals surface area contributed by atoms with Crippen LogP contribution >= 0.6 is 11.3 Å². The number of nitrogens with two attached hydrogens (primary N) is 1. The number of aryl methyl sites for hydroxylation is 1. The minimum atomic E-state index is -1.01. The third-order valence-corrected chi connectivity index (χ3v) is 6.66. The van der Waals surface area contributed by atoms with E-state index < -0.39 is 5.54 Å². The summed E-state index contributed by atoms with van der Waals surface area (Å²) in [6.45, 7) is 2.29. The highest BCUT2D eigenvalue weighted by atomic mass is 32.1. The summed E-state index contributed by atoms with van der Waals surface area (Å²) < 4.78 is 7.74. The molecule has 5 nitrogen and oxygen atoms in total.